The van der Waals surface area contributed by atoms with Crippen LogP contribution in [0.1, 0.15) is 19.6 Å². The molecule has 0 spiro atoms. The third-order valence-electron chi connectivity index (χ3n) is 2.07. The van der Waals surface area contributed by atoms with Gasteiger partial charge in [0.1, 0.15) is 18.1 Å². The molecule has 0 amide bonds. The van der Waals surface area contributed by atoms with E-state index in [1.807, 2.05) is 6.92 Å². The van der Waals surface area contributed by atoms with Crippen LogP contribution in [0.4, 0.5) is 5.82 Å². The Balaban J connectivity index is 2.63. The second kappa shape index (κ2) is 3.22. The van der Waals surface area contributed by atoms with Crippen molar-refractivity contribution in [1.82, 2.24) is 19.5 Å². The van der Waals surface area contributed by atoms with Gasteiger partial charge in [0, 0.05) is 0 Å². The summed E-state index contributed by atoms with van der Waals surface area (Å²) in [6, 6.07) is 0. The third-order valence-corrected chi connectivity index (χ3v) is 2.07. The highest BCUT2D eigenvalue weighted by Gasteiger charge is 2.11. The Hall–Kier alpha value is -1.69. The summed E-state index contributed by atoms with van der Waals surface area (Å²) in [6.07, 6.45) is 2.85. The van der Waals surface area contributed by atoms with Crippen LogP contribution >= 0.6 is 0 Å². The summed E-state index contributed by atoms with van der Waals surface area (Å²) in [4.78, 5) is 11.9. The molecule has 6 heteroatoms. The largest absolute Gasteiger partial charge is 0.382 e. The normalized spacial score (nSPS) is 13.3. The van der Waals surface area contributed by atoms with Gasteiger partial charge < -0.3 is 10.8 Å². The van der Waals surface area contributed by atoms with Crippen molar-refractivity contribution in [2.75, 3.05) is 5.73 Å². The Morgan fingerprint density at radius 2 is 2.29 bits per heavy atom. The number of hydrogen-bond acceptors (Lipinski definition) is 5. The molecule has 0 saturated carbocycles. The van der Waals surface area contributed by atoms with Gasteiger partial charge in [-0.15, -0.1) is 0 Å². The van der Waals surface area contributed by atoms with E-state index in [2.05, 4.69) is 15.0 Å². The first-order chi connectivity index (χ1) is 6.74. The van der Waals surface area contributed by atoms with Gasteiger partial charge >= 0.3 is 0 Å². The molecule has 74 valence electrons. The van der Waals surface area contributed by atoms with Crippen LogP contribution in [0.25, 0.3) is 11.2 Å². The minimum absolute atomic E-state index is 0.331. The Bertz CT molecular complexity index is 452. The number of aliphatic hydroxyl groups excluding tert-OH is 1. The highest BCUT2D eigenvalue weighted by Crippen LogP contribution is 2.18. The maximum absolute atomic E-state index is 9.63. The van der Waals surface area contributed by atoms with Gasteiger partial charge in [-0.2, -0.15) is 0 Å². The smallest absolute Gasteiger partial charge is 0.167 e. The molecule has 0 unspecified atom stereocenters. The molecule has 14 heavy (non-hydrogen) atoms. The number of imidazole rings is 1. The van der Waals surface area contributed by atoms with E-state index in [-0.39, 0.29) is 0 Å². The van der Waals surface area contributed by atoms with E-state index in [0.717, 1.165) is 0 Å². The summed E-state index contributed by atoms with van der Waals surface area (Å²) in [5, 5.41) is 9.63. The molecular formula is C8H11N5O. The minimum Gasteiger partial charge on any atom is -0.382 e. The Labute approximate surface area is 80.4 Å². The fraction of sp³-hybridized carbons (Fsp3) is 0.375. The molecule has 1 atom stereocenters. The number of nitrogens with zero attached hydrogens (tertiary/aromatic N) is 4. The molecule has 0 saturated heterocycles. The number of aliphatic hydroxyl groups is 1. The topological polar surface area (TPSA) is 89.8 Å². The van der Waals surface area contributed by atoms with Crippen molar-refractivity contribution in [2.45, 2.75) is 19.6 Å². The van der Waals surface area contributed by atoms with Crippen LogP contribution < -0.4 is 5.73 Å². The molecular weight excluding hydrogens is 182 g/mol. The third kappa shape index (κ3) is 1.20. The molecule has 3 N–H and O–H groups in total. The van der Waals surface area contributed by atoms with Crippen molar-refractivity contribution in [3.05, 3.63) is 12.7 Å². The first-order valence-corrected chi connectivity index (χ1v) is 4.35. The number of fused-ring (bicyclic) bond motifs is 1. The molecule has 0 aromatic carbocycles. The molecule has 2 aromatic rings. The zero-order valence-electron chi connectivity index (χ0n) is 7.75. The SMILES string of the molecule is CC[C@@H](O)n1cnc2c(N)ncnc21. The summed E-state index contributed by atoms with van der Waals surface area (Å²) in [7, 11) is 0. The number of nitrogen functional groups attached to an aromatic ring is 1. The number of rotatable bonds is 2. The highest BCUT2D eigenvalue weighted by atomic mass is 16.3. The van der Waals surface area contributed by atoms with Crippen LogP contribution in [0.2, 0.25) is 0 Å². The first-order valence-electron chi connectivity index (χ1n) is 4.35. The Morgan fingerprint density at radius 1 is 1.50 bits per heavy atom. The molecule has 2 rings (SSSR count). The van der Waals surface area contributed by atoms with Crippen LogP contribution in [-0.4, -0.2) is 24.6 Å². The molecule has 0 fully saturated rings. The molecule has 2 heterocycles. The summed E-state index contributed by atoms with van der Waals surface area (Å²) in [6.45, 7) is 1.88. The van der Waals surface area contributed by atoms with Gasteiger partial charge in [0.2, 0.25) is 0 Å². The van der Waals surface area contributed by atoms with Crippen LogP contribution in [0.5, 0.6) is 0 Å². The zero-order valence-corrected chi connectivity index (χ0v) is 7.75. The maximum Gasteiger partial charge on any atom is 0.167 e. The van der Waals surface area contributed by atoms with Crippen molar-refractivity contribution in [3.63, 3.8) is 0 Å². The second-order valence-electron chi connectivity index (χ2n) is 2.97. The van der Waals surface area contributed by atoms with E-state index in [4.69, 9.17) is 5.73 Å². The van der Waals surface area contributed by atoms with E-state index in [9.17, 15) is 5.11 Å². The predicted molar refractivity (Wildman–Crippen MR) is 51.3 cm³/mol. The van der Waals surface area contributed by atoms with Crippen molar-refractivity contribution >= 4 is 17.0 Å². The maximum atomic E-state index is 9.63. The summed E-state index contributed by atoms with van der Waals surface area (Å²) in [5.41, 5.74) is 6.69. The molecule has 0 aliphatic carbocycles. The lowest BCUT2D eigenvalue weighted by molar-refractivity contribution is 0.103. The fourth-order valence-corrected chi connectivity index (χ4v) is 1.28. The summed E-state index contributed by atoms with van der Waals surface area (Å²) >= 11 is 0. The van der Waals surface area contributed by atoms with Crippen LogP contribution in [0.15, 0.2) is 12.7 Å². The number of nitrogens with two attached hydrogens (primary N) is 1. The monoisotopic (exact) mass is 193 g/mol. The molecule has 0 bridgehead atoms. The van der Waals surface area contributed by atoms with Gasteiger partial charge in [-0.25, -0.2) is 15.0 Å². The predicted octanol–water partition coefficient (Wildman–Crippen LogP) is 0.309. The molecule has 0 aliphatic rings. The van der Waals surface area contributed by atoms with Crippen molar-refractivity contribution in [2.24, 2.45) is 0 Å². The molecule has 0 aliphatic heterocycles. The number of anilines is 1. The van der Waals surface area contributed by atoms with Gasteiger partial charge in [-0.1, -0.05) is 6.92 Å². The van der Waals surface area contributed by atoms with Gasteiger partial charge in [0.05, 0.1) is 6.33 Å². The van der Waals surface area contributed by atoms with Crippen LogP contribution in [0.3, 0.4) is 0 Å². The zero-order chi connectivity index (χ0) is 10.1. The molecule has 2 aromatic heterocycles. The van der Waals surface area contributed by atoms with Crippen molar-refractivity contribution in [1.29, 1.82) is 0 Å². The quantitative estimate of drug-likeness (QED) is 0.716. The highest BCUT2D eigenvalue weighted by molar-refractivity contribution is 5.81. The Kier molecular flexibility index (Phi) is 2.05. The summed E-state index contributed by atoms with van der Waals surface area (Å²) in [5.74, 6) is 0.331. The number of hydrogen-bond donors (Lipinski definition) is 2. The van der Waals surface area contributed by atoms with Crippen molar-refractivity contribution in [3.8, 4) is 0 Å². The minimum atomic E-state index is -0.616. The molecule has 0 radical (unpaired) electrons. The average Bonchev–Trinajstić information content (AvgIpc) is 2.62. The lowest BCUT2D eigenvalue weighted by atomic mass is 10.4. The van der Waals surface area contributed by atoms with Gasteiger partial charge in [0.25, 0.3) is 0 Å². The second-order valence-corrected chi connectivity index (χ2v) is 2.97. The summed E-state index contributed by atoms with van der Waals surface area (Å²) < 4.78 is 1.58. The van der Waals surface area contributed by atoms with E-state index < -0.39 is 6.23 Å². The van der Waals surface area contributed by atoms with E-state index >= 15 is 0 Å². The van der Waals surface area contributed by atoms with Crippen LogP contribution in [0, 0.1) is 0 Å². The standard InChI is InChI=1S/C8H11N5O/c1-2-5(14)13-4-12-6-7(9)10-3-11-8(6)13/h3-5,14H,2H2,1H3,(H2,9,10,11)/t5-/m1/s1. The average molecular weight is 193 g/mol. The lowest BCUT2D eigenvalue weighted by Crippen LogP contribution is -2.06. The number of aromatic nitrogens is 4. The van der Waals surface area contributed by atoms with E-state index in [0.29, 0.717) is 23.4 Å². The fourth-order valence-electron chi connectivity index (χ4n) is 1.28. The van der Waals surface area contributed by atoms with Gasteiger partial charge in [-0.3, -0.25) is 4.57 Å². The van der Waals surface area contributed by atoms with E-state index in [1.165, 1.54) is 12.7 Å². The first kappa shape index (κ1) is 8.89. The molecule has 6 nitrogen and oxygen atoms in total. The van der Waals surface area contributed by atoms with Crippen LogP contribution in [-0.2, 0) is 0 Å². The lowest BCUT2D eigenvalue weighted by Gasteiger charge is -2.08. The van der Waals surface area contributed by atoms with Crippen molar-refractivity contribution < 1.29 is 5.11 Å². The van der Waals surface area contributed by atoms with E-state index in [1.54, 1.807) is 4.57 Å². The van der Waals surface area contributed by atoms with Gasteiger partial charge in [-0.05, 0) is 6.42 Å². The van der Waals surface area contributed by atoms with Gasteiger partial charge in [0.15, 0.2) is 11.5 Å². The Morgan fingerprint density at radius 3 is 3.00 bits per heavy atom.